The molecule has 0 saturated carbocycles. The van der Waals surface area contributed by atoms with Crippen LogP contribution >= 0.6 is 0 Å². The molecule has 0 amide bonds. The fourth-order valence-corrected chi connectivity index (χ4v) is 4.49. The second kappa shape index (κ2) is 12.4. The number of aliphatic hydroxyl groups is 1. The minimum absolute atomic E-state index is 0.109. The lowest BCUT2D eigenvalue weighted by Gasteiger charge is -2.37. The Morgan fingerprint density at radius 3 is 2.51 bits per heavy atom. The molecule has 1 N–H and O–H groups in total. The summed E-state index contributed by atoms with van der Waals surface area (Å²) in [4.78, 5) is 17.8. The summed E-state index contributed by atoms with van der Waals surface area (Å²) < 4.78 is 17.5. The van der Waals surface area contributed by atoms with Crippen LogP contribution in [0.3, 0.4) is 0 Å². The number of piperidine rings is 1. The smallest absolute Gasteiger partial charge is 0.494 e. The lowest BCUT2D eigenvalue weighted by atomic mass is 9.87. The number of hydrogen-bond donors (Lipinski definition) is 1. The zero-order valence-electron chi connectivity index (χ0n) is 21.9. The van der Waals surface area contributed by atoms with Crippen molar-refractivity contribution in [3.05, 3.63) is 77.9 Å². The molecule has 2 unspecified atom stereocenters. The summed E-state index contributed by atoms with van der Waals surface area (Å²) in [7, 11) is 0. The van der Waals surface area contributed by atoms with Crippen molar-refractivity contribution in [1.82, 2.24) is 5.06 Å². The fraction of sp³-hybridized carbons (Fsp3) is 0.433. The standard InChI is InChI=1S/C30H37NO6/c1-30(2,3)36-29(33)37-31-16-15-27(24-11-13-26(14-12-24)34-18-6-17-32)28(20-31)35-21-22-9-10-23-7-4-5-8-25(23)19-22/h4-5,7-14,19,27-28,32H,6,15-18,20-21H2,1-3H3. The van der Waals surface area contributed by atoms with E-state index in [2.05, 4.69) is 42.5 Å². The molecule has 1 heterocycles. The Morgan fingerprint density at radius 1 is 1.03 bits per heavy atom. The monoisotopic (exact) mass is 507 g/mol. The summed E-state index contributed by atoms with van der Waals surface area (Å²) >= 11 is 0. The number of fused-ring (bicyclic) bond motifs is 1. The number of hydroxylamine groups is 2. The number of hydrogen-bond acceptors (Lipinski definition) is 7. The maximum absolute atomic E-state index is 12.3. The molecule has 2 atom stereocenters. The van der Waals surface area contributed by atoms with Gasteiger partial charge in [-0.2, -0.15) is 0 Å². The molecule has 0 aliphatic carbocycles. The van der Waals surface area contributed by atoms with Gasteiger partial charge in [0.1, 0.15) is 11.4 Å². The number of nitrogens with zero attached hydrogens (tertiary/aromatic N) is 1. The van der Waals surface area contributed by atoms with Crippen molar-refractivity contribution in [3.8, 4) is 5.75 Å². The molecule has 0 radical (unpaired) electrons. The first-order valence-corrected chi connectivity index (χ1v) is 12.9. The molecule has 0 bridgehead atoms. The molecule has 1 saturated heterocycles. The number of benzene rings is 3. The Hall–Kier alpha value is -3.13. The number of ether oxygens (including phenoxy) is 3. The Kier molecular flexibility index (Phi) is 9.03. The maximum Gasteiger partial charge on any atom is 0.528 e. The van der Waals surface area contributed by atoms with Crippen molar-refractivity contribution >= 4 is 16.9 Å². The zero-order valence-corrected chi connectivity index (χ0v) is 21.9. The third-order valence-electron chi connectivity index (χ3n) is 6.27. The van der Waals surface area contributed by atoms with Crippen LogP contribution in [0.5, 0.6) is 5.75 Å². The van der Waals surface area contributed by atoms with Gasteiger partial charge in [0.2, 0.25) is 0 Å². The van der Waals surface area contributed by atoms with E-state index in [0.717, 1.165) is 23.3 Å². The first-order chi connectivity index (χ1) is 17.8. The highest BCUT2D eigenvalue weighted by molar-refractivity contribution is 5.82. The van der Waals surface area contributed by atoms with Crippen LogP contribution in [0.15, 0.2) is 66.7 Å². The van der Waals surface area contributed by atoms with Gasteiger partial charge in [0, 0.05) is 25.5 Å². The maximum atomic E-state index is 12.3. The molecular formula is C30H37NO6. The first kappa shape index (κ1) is 26.9. The minimum Gasteiger partial charge on any atom is -0.494 e. The third-order valence-corrected chi connectivity index (χ3v) is 6.27. The third kappa shape index (κ3) is 7.92. The van der Waals surface area contributed by atoms with E-state index in [1.807, 2.05) is 45.0 Å². The molecular weight excluding hydrogens is 470 g/mol. The van der Waals surface area contributed by atoms with E-state index in [1.165, 1.54) is 10.8 Å². The number of carbonyl (C=O) groups is 1. The molecule has 3 aromatic rings. The first-order valence-electron chi connectivity index (χ1n) is 12.9. The van der Waals surface area contributed by atoms with E-state index in [4.69, 9.17) is 24.2 Å². The molecule has 7 heteroatoms. The molecule has 1 aliphatic heterocycles. The van der Waals surface area contributed by atoms with Gasteiger partial charge in [-0.15, -0.1) is 5.06 Å². The Labute approximate surface area is 218 Å². The summed E-state index contributed by atoms with van der Waals surface area (Å²) in [6, 6.07) is 22.7. The molecule has 0 aromatic heterocycles. The molecule has 4 rings (SSSR count). The summed E-state index contributed by atoms with van der Waals surface area (Å²) in [6.07, 6.45) is 0.464. The lowest BCUT2D eigenvalue weighted by Crippen LogP contribution is -2.45. The van der Waals surface area contributed by atoms with E-state index in [1.54, 1.807) is 5.06 Å². The second-order valence-corrected chi connectivity index (χ2v) is 10.4. The fourth-order valence-electron chi connectivity index (χ4n) is 4.49. The SMILES string of the molecule is CC(C)(C)OC(=O)ON1CCC(c2ccc(OCCCO)cc2)C(OCc2ccc3ccccc3c2)C1. The Morgan fingerprint density at radius 2 is 1.78 bits per heavy atom. The largest absolute Gasteiger partial charge is 0.528 e. The lowest BCUT2D eigenvalue weighted by molar-refractivity contribution is -0.179. The number of rotatable bonds is 9. The van der Waals surface area contributed by atoms with Crippen molar-refractivity contribution in [2.45, 2.75) is 57.8 Å². The van der Waals surface area contributed by atoms with E-state index < -0.39 is 11.8 Å². The normalized spacial score (nSPS) is 18.5. The molecule has 37 heavy (non-hydrogen) atoms. The van der Waals surface area contributed by atoms with Crippen LogP contribution < -0.4 is 4.74 Å². The summed E-state index contributed by atoms with van der Waals surface area (Å²) in [5.41, 5.74) is 1.62. The van der Waals surface area contributed by atoms with E-state index in [-0.39, 0.29) is 18.6 Å². The van der Waals surface area contributed by atoms with Crippen LogP contribution in [-0.2, 0) is 20.9 Å². The molecule has 1 fully saturated rings. The van der Waals surface area contributed by atoms with Gasteiger partial charge in [0.05, 0.1) is 25.9 Å². The Bertz CT molecular complexity index is 1160. The van der Waals surface area contributed by atoms with Crippen LogP contribution in [0.1, 0.15) is 50.7 Å². The quantitative estimate of drug-likeness (QED) is 0.288. The van der Waals surface area contributed by atoms with Gasteiger partial charge in [-0.3, -0.25) is 0 Å². The minimum atomic E-state index is -0.705. The zero-order chi connectivity index (χ0) is 26.3. The van der Waals surface area contributed by atoms with Gasteiger partial charge < -0.3 is 24.2 Å². The topological polar surface area (TPSA) is 77.5 Å². The molecule has 198 valence electrons. The number of carbonyl (C=O) groups excluding carboxylic acids is 1. The summed E-state index contributed by atoms with van der Waals surface area (Å²) in [5, 5.41) is 13.0. The summed E-state index contributed by atoms with van der Waals surface area (Å²) in [5.74, 6) is 0.905. The van der Waals surface area contributed by atoms with E-state index in [0.29, 0.717) is 32.7 Å². The van der Waals surface area contributed by atoms with Gasteiger partial charge in [0.25, 0.3) is 0 Å². The summed E-state index contributed by atoms with van der Waals surface area (Å²) in [6.45, 7) is 7.49. The van der Waals surface area contributed by atoms with Crippen LogP contribution in [0, 0.1) is 0 Å². The van der Waals surface area contributed by atoms with Gasteiger partial charge in [0.15, 0.2) is 0 Å². The van der Waals surface area contributed by atoms with Gasteiger partial charge in [-0.25, -0.2) is 4.79 Å². The van der Waals surface area contributed by atoms with Crippen molar-refractivity contribution < 1.29 is 28.9 Å². The molecule has 0 spiro atoms. The van der Waals surface area contributed by atoms with Crippen LogP contribution in [0.4, 0.5) is 4.79 Å². The van der Waals surface area contributed by atoms with Crippen LogP contribution in [0.2, 0.25) is 0 Å². The Balaban J connectivity index is 1.46. The highest BCUT2D eigenvalue weighted by atomic mass is 16.8. The van der Waals surface area contributed by atoms with Crippen LogP contribution in [-0.4, -0.2) is 54.3 Å². The van der Waals surface area contributed by atoms with E-state index in [9.17, 15) is 4.79 Å². The van der Waals surface area contributed by atoms with Crippen molar-refractivity contribution in [2.75, 3.05) is 26.3 Å². The predicted molar refractivity (Wildman–Crippen MR) is 142 cm³/mol. The van der Waals surface area contributed by atoms with Gasteiger partial charge >= 0.3 is 6.16 Å². The highest BCUT2D eigenvalue weighted by Crippen LogP contribution is 2.33. The molecule has 1 aliphatic rings. The highest BCUT2D eigenvalue weighted by Gasteiger charge is 2.34. The van der Waals surface area contributed by atoms with E-state index >= 15 is 0 Å². The van der Waals surface area contributed by atoms with Crippen molar-refractivity contribution in [2.24, 2.45) is 0 Å². The number of aliphatic hydroxyl groups excluding tert-OH is 1. The molecule has 7 nitrogen and oxygen atoms in total. The predicted octanol–water partition coefficient (Wildman–Crippen LogP) is 5.84. The van der Waals surface area contributed by atoms with Gasteiger partial charge in [-0.05, 0) is 67.3 Å². The average Bonchev–Trinajstić information content (AvgIpc) is 2.87. The van der Waals surface area contributed by atoms with Crippen molar-refractivity contribution in [1.29, 1.82) is 0 Å². The molecule has 3 aromatic carbocycles. The second-order valence-electron chi connectivity index (χ2n) is 10.4. The van der Waals surface area contributed by atoms with Crippen molar-refractivity contribution in [3.63, 3.8) is 0 Å². The van der Waals surface area contributed by atoms with Gasteiger partial charge in [-0.1, -0.05) is 48.5 Å². The van der Waals surface area contributed by atoms with Crippen LogP contribution in [0.25, 0.3) is 10.8 Å². The average molecular weight is 508 g/mol.